The van der Waals surface area contributed by atoms with Crippen LogP contribution in [-0.4, -0.2) is 47.8 Å². The Morgan fingerprint density at radius 1 is 1.00 bits per heavy atom. The quantitative estimate of drug-likeness (QED) is 0.261. The molecule has 0 atom stereocenters. The summed E-state index contributed by atoms with van der Waals surface area (Å²) in [5.41, 5.74) is 7.25. The van der Waals surface area contributed by atoms with Gasteiger partial charge in [-0.2, -0.15) is 5.10 Å². The number of amides is 1. The Labute approximate surface area is 228 Å². The highest BCUT2D eigenvalue weighted by Gasteiger charge is 2.19. The van der Waals surface area contributed by atoms with Gasteiger partial charge in [-0.25, -0.2) is 15.0 Å². The van der Waals surface area contributed by atoms with Crippen molar-refractivity contribution in [3.63, 3.8) is 0 Å². The number of carbonyl (C=O) groups is 1. The fourth-order valence-electron chi connectivity index (χ4n) is 4.78. The number of hydrogen-bond acceptors (Lipinski definition) is 8. The van der Waals surface area contributed by atoms with Crippen molar-refractivity contribution in [3.8, 4) is 45.4 Å². The Morgan fingerprint density at radius 3 is 2.80 bits per heavy atom. The molecule has 0 unspecified atom stereocenters. The van der Waals surface area contributed by atoms with E-state index in [9.17, 15) is 4.79 Å². The fourth-order valence-corrected chi connectivity index (χ4v) is 4.78. The summed E-state index contributed by atoms with van der Waals surface area (Å²) >= 11 is 0. The molecule has 198 valence electrons. The van der Waals surface area contributed by atoms with Crippen LogP contribution >= 0.6 is 0 Å². The van der Waals surface area contributed by atoms with Crippen LogP contribution in [0.1, 0.15) is 20.3 Å². The molecule has 3 N–H and O–H groups in total. The van der Waals surface area contributed by atoms with E-state index in [0.29, 0.717) is 51.8 Å². The van der Waals surface area contributed by atoms with Crippen LogP contribution in [0.15, 0.2) is 61.1 Å². The second-order valence-electron chi connectivity index (χ2n) is 9.98. The second kappa shape index (κ2) is 9.45. The van der Waals surface area contributed by atoms with Crippen LogP contribution in [0.2, 0.25) is 0 Å². The average Bonchev–Trinajstić information content (AvgIpc) is 3.69. The molecule has 0 bridgehead atoms. The van der Waals surface area contributed by atoms with Crippen LogP contribution in [0, 0.1) is 5.92 Å². The van der Waals surface area contributed by atoms with Crippen molar-refractivity contribution < 1.29 is 14.3 Å². The largest absolute Gasteiger partial charge is 0.454 e. The summed E-state index contributed by atoms with van der Waals surface area (Å²) in [6.07, 6.45) is 5.52. The lowest BCUT2D eigenvalue weighted by atomic mass is 10.1. The van der Waals surface area contributed by atoms with Crippen LogP contribution in [-0.2, 0) is 4.79 Å². The maximum atomic E-state index is 12.3. The lowest BCUT2D eigenvalue weighted by Gasteiger charge is -2.08. The zero-order chi connectivity index (χ0) is 27.2. The van der Waals surface area contributed by atoms with E-state index in [4.69, 9.17) is 19.4 Å². The number of H-pyrrole nitrogens is 2. The van der Waals surface area contributed by atoms with Crippen molar-refractivity contribution in [1.29, 1.82) is 0 Å². The third kappa shape index (κ3) is 4.27. The molecular weight excluding hydrogens is 508 g/mol. The first kappa shape index (κ1) is 23.8. The first-order valence-electron chi connectivity index (χ1n) is 12.9. The fraction of sp³-hybridized carbons (Fsp3) is 0.172. The first-order valence-corrected chi connectivity index (χ1v) is 12.9. The molecule has 6 aromatic rings. The number of anilines is 1. The molecule has 1 aromatic carbocycles. The van der Waals surface area contributed by atoms with Crippen LogP contribution < -0.4 is 14.8 Å². The van der Waals surface area contributed by atoms with E-state index in [1.165, 1.54) is 0 Å². The molecule has 5 aromatic heterocycles. The van der Waals surface area contributed by atoms with E-state index in [1.807, 2.05) is 56.3 Å². The molecule has 11 nitrogen and oxygen atoms in total. The highest BCUT2D eigenvalue weighted by molar-refractivity contribution is 5.95. The van der Waals surface area contributed by atoms with Crippen LogP contribution in [0.3, 0.4) is 0 Å². The summed E-state index contributed by atoms with van der Waals surface area (Å²) in [5.74, 6) is 2.18. The third-order valence-corrected chi connectivity index (χ3v) is 6.61. The zero-order valence-electron chi connectivity index (χ0n) is 21.7. The molecule has 0 aliphatic carbocycles. The average molecular weight is 533 g/mol. The number of aromatic nitrogens is 7. The lowest BCUT2D eigenvalue weighted by molar-refractivity contribution is -0.116. The number of imidazole rings is 1. The summed E-state index contributed by atoms with van der Waals surface area (Å²) in [4.78, 5) is 34.1. The summed E-state index contributed by atoms with van der Waals surface area (Å²) in [6, 6.07) is 13.4. The van der Waals surface area contributed by atoms with E-state index in [0.717, 1.165) is 28.0 Å². The molecule has 0 fully saturated rings. The summed E-state index contributed by atoms with van der Waals surface area (Å²) in [6.45, 7) is 4.23. The van der Waals surface area contributed by atoms with Crippen molar-refractivity contribution >= 4 is 33.8 Å². The van der Waals surface area contributed by atoms with Crippen LogP contribution in [0.25, 0.3) is 56.1 Å². The number of nitrogens with zero attached hydrogens (tertiary/aromatic N) is 5. The Bertz CT molecular complexity index is 1910. The van der Waals surface area contributed by atoms with Gasteiger partial charge >= 0.3 is 0 Å². The third-order valence-electron chi connectivity index (χ3n) is 6.61. The van der Waals surface area contributed by atoms with E-state index < -0.39 is 0 Å². The number of ether oxygens (including phenoxy) is 2. The molecule has 1 amide bonds. The number of nitrogens with one attached hydrogen (secondary N) is 3. The minimum absolute atomic E-state index is 0.0481. The molecule has 0 saturated heterocycles. The maximum absolute atomic E-state index is 12.3. The van der Waals surface area contributed by atoms with E-state index in [-0.39, 0.29) is 18.6 Å². The minimum Gasteiger partial charge on any atom is -0.454 e. The smallest absolute Gasteiger partial charge is 0.231 e. The first-order chi connectivity index (χ1) is 19.5. The number of rotatable bonds is 6. The maximum Gasteiger partial charge on any atom is 0.231 e. The van der Waals surface area contributed by atoms with Gasteiger partial charge in [-0.15, -0.1) is 0 Å². The molecule has 11 heteroatoms. The minimum atomic E-state index is -0.0481. The number of fused-ring (bicyclic) bond motifs is 3. The van der Waals surface area contributed by atoms with Gasteiger partial charge in [-0.1, -0.05) is 19.9 Å². The normalized spacial score (nSPS) is 12.5. The summed E-state index contributed by atoms with van der Waals surface area (Å²) < 4.78 is 11.0. The predicted octanol–water partition coefficient (Wildman–Crippen LogP) is 5.34. The molecule has 7 rings (SSSR count). The van der Waals surface area contributed by atoms with Crippen molar-refractivity contribution in [1.82, 2.24) is 35.1 Å². The van der Waals surface area contributed by atoms with Gasteiger partial charge in [0.15, 0.2) is 28.7 Å². The van der Waals surface area contributed by atoms with E-state index in [2.05, 4.69) is 30.5 Å². The topological polar surface area (TPSA) is 144 Å². The van der Waals surface area contributed by atoms with Crippen molar-refractivity contribution in [2.45, 2.75) is 20.3 Å². The highest BCUT2D eigenvalue weighted by Crippen LogP contribution is 2.38. The van der Waals surface area contributed by atoms with Gasteiger partial charge in [0.1, 0.15) is 11.0 Å². The second-order valence-corrected chi connectivity index (χ2v) is 9.98. The molecule has 1 aliphatic heterocycles. The summed E-state index contributed by atoms with van der Waals surface area (Å²) in [7, 11) is 0. The number of hydrogen-bond donors (Lipinski definition) is 3. The Balaban J connectivity index is 1.25. The SMILES string of the molecule is CC(C)CC(=O)Nc1cncc(-c2ccc3[nH]nc(-c4nc5c(-c6ccc7c(c6)OCO7)ccnc5[nH]4)c3n2)c1. The molecule has 0 radical (unpaired) electrons. The predicted molar refractivity (Wildman–Crippen MR) is 150 cm³/mol. The van der Waals surface area contributed by atoms with Gasteiger partial charge in [0.2, 0.25) is 12.7 Å². The zero-order valence-corrected chi connectivity index (χ0v) is 21.7. The van der Waals surface area contributed by atoms with Crippen LogP contribution in [0.5, 0.6) is 11.5 Å². The van der Waals surface area contributed by atoms with Crippen LogP contribution in [0.4, 0.5) is 5.69 Å². The van der Waals surface area contributed by atoms with Crippen molar-refractivity contribution in [2.75, 3.05) is 12.1 Å². The highest BCUT2D eigenvalue weighted by atomic mass is 16.7. The number of carbonyl (C=O) groups excluding carboxylic acids is 1. The molecule has 0 spiro atoms. The van der Waals surface area contributed by atoms with Gasteiger partial charge < -0.3 is 19.8 Å². The van der Waals surface area contributed by atoms with E-state index in [1.54, 1.807) is 18.6 Å². The molecule has 0 saturated carbocycles. The Hall–Kier alpha value is -5.32. The Morgan fingerprint density at radius 2 is 1.90 bits per heavy atom. The molecule has 40 heavy (non-hydrogen) atoms. The molecule has 1 aliphatic rings. The van der Waals surface area contributed by atoms with Gasteiger partial charge in [0, 0.05) is 29.9 Å². The van der Waals surface area contributed by atoms with Crippen molar-refractivity contribution in [3.05, 3.63) is 61.1 Å². The van der Waals surface area contributed by atoms with Crippen molar-refractivity contribution in [2.24, 2.45) is 5.92 Å². The number of benzene rings is 1. The lowest BCUT2D eigenvalue weighted by Crippen LogP contribution is -2.14. The van der Waals surface area contributed by atoms with Gasteiger partial charge in [-0.3, -0.25) is 14.9 Å². The number of pyridine rings is 3. The Kier molecular flexibility index (Phi) is 5.62. The van der Waals surface area contributed by atoms with E-state index >= 15 is 0 Å². The number of aromatic amines is 2. The van der Waals surface area contributed by atoms with Gasteiger partial charge in [0.05, 0.1) is 23.1 Å². The van der Waals surface area contributed by atoms with Gasteiger partial charge in [0.25, 0.3) is 0 Å². The standard InChI is InChI=1S/C29H24N8O3/c1-15(2)9-24(38)32-18-10-17(12-30-13-18)20-4-5-21-26(33-20)27(37-36-21)29-34-25-19(7-8-31-28(25)35-29)16-3-6-22-23(11-16)40-14-39-22/h3-8,10-13,15H,9,14H2,1-2H3,(H,32,38)(H,36,37)(H,31,34,35). The summed E-state index contributed by atoms with van der Waals surface area (Å²) in [5, 5.41) is 10.5. The molecular formula is C29H24N8O3. The molecule has 6 heterocycles. The monoisotopic (exact) mass is 532 g/mol. The van der Waals surface area contributed by atoms with Gasteiger partial charge in [-0.05, 0) is 47.9 Å².